The van der Waals surface area contributed by atoms with Gasteiger partial charge in [-0.05, 0) is 25.0 Å². The minimum absolute atomic E-state index is 0.216. The largest absolute Gasteiger partial charge is 0.417 e. The molecule has 2 heterocycles. The zero-order valence-electron chi connectivity index (χ0n) is 14.3. The molecule has 0 radical (unpaired) electrons. The monoisotopic (exact) mass is 395 g/mol. The molecule has 0 saturated carbocycles. The zero-order chi connectivity index (χ0) is 19.4. The first-order valence-electron chi connectivity index (χ1n) is 8.22. The van der Waals surface area contributed by atoms with Crippen molar-refractivity contribution in [1.82, 2.24) is 19.7 Å². The summed E-state index contributed by atoms with van der Waals surface area (Å²) in [5.74, 6) is -0.858. The Hall–Kier alpha value is -2.75. The van der Waals surface area contributed by atoms with Crippen LogP contribution in [0.4, 0.5) is 18.3 Å². The number of benzene rings is 1. The maximum absolute atomic E-state index is 13.1. The number of aryl methyl sites for hydroxylation is 1. The summed E-state index contributed by atoms with van der Waals surface area (Å²) < 4.78 is 40.9. The van der Waals surface area contributed by atoms with Crippen LogP contribution in [0.15, 0.2) is 36.9 Å². The highest BCUT2D eigenvalue weighted by Gasteiger charge is 2.35. The van der Waals surface area contributed by atoms with Crippen molar-refractivity contribution in [2.24, 2.45) is 0 Å². The van der Waals surface area contributed by atoms with E-state index < -0.39 is 23.2 Å². The second-order valence-corrected chi connectivity index (χ2v) is 6.69. The van der Waals surface area contributed by atoms with E-state index in [0.717, 1.165) is 36.3 Å². The molecule has 142 valence electrons. The van der Waals surface area contributed by atoms with Crippen LogP contribution in [0.2, 0.25) is 0 Å². The van der Waals surface area contributed by atoms with Gasteiger partial charge in [-0.25, -0.2) is 14.6 Å². The predicted molar refractivity (Wildman–Crippen MR) is 95.0 cm³/mol. The first-order chi connectivity index (χ1) is 12.9. The molecule has 1 amide bonds. The number of carbonyl (C=O) groups excluding carboxylic acids is 1. The highest BCUT2D eigenvalue weighted by atomic mass is 32.1. The molecule has 0 aliphatic rings. The lowest BCUT2D eigenvalue weighted by Gasteiger charge is -2.11. The maximum atomic E-state index is 13.1. The Balaban J connectivity index is 1.89. The van der Waals surface area contributed by atoms with Crippen molar-refractivity contribution in [3.63, 3.8) is 0 Å². The molecule has 0 fully saturated rings. The lowest BCUT2D eigenvalue weighted by Crippen LogP contribution is -2.18. The Kier molecular flexibility index (Phi) is 5.54. The van der Waals surface area contributed by atoms with E-state index in [-0.39, 0.29) is 5.13 Å². The molecule has 0 aliphatic carbocycles. The fourth-order valence-corrected chi connectivity index (χ4v) is 3.43. The summed E-state index contributed by atoms with van der Waals surface area (Å²) in [5.41, 5.74) is -0.717. The first kappa shape index (κ1) is 19.0. The summed E-state index contributed by atoms with van der Waals surface area (Å²) in [7, 11) is 0. The van der Waals surface area contributed by atoms with Crippen molar-refractivity contribution in [2.75, 3.05) is 5.32 Å². The number of halogens is 3. The predicted octanol–water partition coefficient (Wildman–Crippen LogP) is 4.34. The van der Waals surface area contributed by atoms with Crippen LogP contribution in [0.3, 0.4) is 0 Å². The molecule has 0 atom stereocenters. The van der Waals surface area contributed by atoms with E-state index in [1.807, 2.05) is 6.92 Å². The summed E-state index contributed by atoms with van der Waals surface area (Å²) in [5, 5.41) is 7.44. The van der Waals surface area contributed by atoms with Gasteiger partial charge >= 0.3 is 6.18 Å². The van der Waals surface area contributed by atoms with E-state index in [2.05, 4.69) is 20.4 Å². The molecule has 10 heteroatoms. The van der Waals surface area contributed by atoms with Crippen molar-refractivity contribution in [2.45, 2.75) is 32.4 Å². The summed E-state index contributed by atoms with van der Waals surface area (Å²) in [6.45, 7) is 2.04. The van der Waals surface area contributed by atoms with Crippen LogP contribution < -0.4 is 5.32 Å². The number of nitrogens with one attached hydrogen (secondary N) is 1. The van der Waals surface area contributed by atoms with Gasteiger partial charge in [0.05, 0.1) is 16.8 Å². The number of alkyl halides is 3. The number of unbranched alkanes of at least 4 members (excludes halogenated alkanes) is 1. The van der Waals surface area contributed by atoms with Crippen molar-refractivity contribution in [1.29, 1.82) is 0 Å². The minimum atomic E-state index is -4.62. The van der Waals surface area contributed by atoms with Gasteiger partial charge in [-0.3, -0.25) is 10.1 Å². The molecular formula is C17H16F3N5OS. The first-order valence-corrected chi connectivity index (χ1v) is 9.04. The van der Waals surface area contributed by atoms with Crippen LogP contribution in [0.1, 0.15) is 41.4 Å². The van der Waals surface area contributed by atoms with Gasteiger partial charge in [0.15, 0.2) is 5.13 Å². The van der Waals surface area contributed by atoms with Gasteiger partial charge in [-0.1, -0.05) is 36.8 Å². The number of hydrogen-bond donors (Lipinski definition) is 1. The van der Waals surface area contributed by atoms with Crippen molar-refractivity contribution in [3.8, 4) is 5.00 Å². The molecule has 0 aliphatic heterocycles. The van der Waals surface area contributed by atoms with Gasteiger partial charge in [0.2, 0.25) is 0 Å². The lowest BCUT2D eigenvalue weighted by atomic mass is 10.1. The standard InChI is InChI=1S/C17H16F3N5OS/c1-2-3-8-13-15(25-10-21-9-22-25)27-16(23-13)24-14(26)11-6-4-5-7-12(11)17(18,19)20/h4-7,9-10H,2-3,8H2,1H3,(H,23,24,26). The smallest absolute Gasteiger partial charge is 0.298 e. The fraction of sp³-hybridized carbons (Fsp3) is 0.294. The highest BCUT2D eigenvalue weighted by molar-refractivity contribution is 7.18. The fourth-order valence-electron chi connectivity index (χ4n) is 2.49. The molecule has 0 saturated heterocycles. The van der Waals surface area contributed by atoms with Gasteiger partial charge in [-0.15, -0.1) is 0 Å². The lowest BCUT2D eigenvalue weighted by molar-refractivity contribution is -0.137. The van der Waals surface area contributed by atoms with Gasteiger partial charge in [0, 0.05) is 0 Å². The second-order valence-electron chi connectivity index (χ2n) is 5.71. The summed E-state index contributed by atoms with van der Waals surface area (Å²) in [6.07, 6.45) is 0.769. The molecule has 2 aromatic heterocycles. The number of aromatic nitrogens is 4. The molecule has 1 N–H and O–H groups in total. The van der Waals surface area contributed by atoms with Crippen LogP contribution in [0, 0.1) is 0 Å². The third kappa shape index (κ3) is 4.33. The minimum Gasteiger partial charge on any atom is -0.298 e. The Morgan fingerprint density at radius 1 is 1.30 bits per heavy atom. The number of anilines is 1. The van der Waals surface area contributed by atoms with Gasteiger partial charge < -0.3 is 0 Å². The molecule has 3 aromatic rings. The van der Waals surface area contributed by atoms with Crippen LogP contribution in [0.5, 0.6) is 0 Å². The van der Waals surface area contributed by atoms with E-state index >= 15 is 0 Å². The summed E-state index contributed by atoms with van der Waals surface area (Å²) >= 11 is 1.14. The van der Waals surface area contributed by atoms with E-state index in [1.165, 1.54) is 29.5 Å². The van der Waals surface area contributed by atoms with E-state index in [9.17, 15) is 18.0 Å². The SMILES string of the molecule is CCCCc1nc(NC(=O)c2ccccc2C(F)(F)F)sc1-n1cncn1. The van der Waals surface area contributed by atoms with Gasteiger partial charge in [0.25, 0.3) is 5.91 Å². The number of amides is 1. The third-order valence-electron chi connectivity index (χ3n) is 3.77. The Bertz CT molecular complexity index is 921. The number of rotatable bonds is 6. The number of nitrogens with zero attached hydrogens (tertiary/aromatic N) is 4. The average Bonchev–Trinajstić information content (AvgIpc) is 3.28. The van der Waals surface area contributed by atoms with Crippen molar-refractivity contribution in [3.05, 3.63) is 53.7 Å². The molecule has 3 rings (SSSR count). The molecule has 1 aromatic carbocycles. The molecule has 6 nitrogen and oxygen atoms in total. The third-order valence-corrected chi connectivity index (χ3v) is 4.77. The van der Waals surface area contributed by atoms with Crippen molar-refractivity contribution < 1.29 is 18.0 Å². The van der Waals surface area contributed by atoms with Crippen LogP contribution in [0.25, 0.3) is 5.00 Å². The quantitative estimate of drug-likeness (QED) is 0.674. The Morgan fingerprint density at radius 2 is 2.07 bits per heavy atom. The number of carbonyl (C=O) groups is 1. The summed E-state index contributed by atoms with van der Waals surface area (Å²) in [6, 6.07) is 4.65. The molecule has 0 unspecified atom stereocenters. The van der Waals surface area contributed by atoms with E-state index in [0.29, 0.717) is 17.1 Å². The van der Waals surface area contributed by atoms with E-state index in [1.54, 1.807) is 0 Å². The highest BCUT2D eigenvalue weighted by Crippen LogP contribution is 2.33. The molecule has 0 spiro atoms. The second kappa shape index (κ2) is 7.87. The number of hydrogen-bond acceptors (Lipinski definition) is 5. The maximum Gasteiger partial charge on any atom is 0.417 e. The van der Waals surface area contributed by atoms with Crippen LogP contribution in [-0.4, -0.2) is 25.7 Å². The Morgan fingerprint density at radius 3 is 2.74 bits per heavy atom. The summed E-state index contributed by atoms with van der Waals surface area (Å²) in [4.78, 5) is 20.7. The normalized spacial score (nSPS) is 11.6. The number of thiazole rings is 1. The molecule has 27 heavy (non-hydrogen) atoms. The molecular weight excluding hydrogens is 379 g/mol. The van der Waals surface area contributed by atoms with Crippen LogP contribution >= 0.6 is 11.3 Å². The van der Waals surface area contributed by atoms with E-state index in [4.69, 9.17) is 0 Å². The zero-order valence-corrected chi connectivity index (χ0v) is 15.1. The Labute approximate surface area is 157 Å². The molecule has 0 bridgehead atoms. The van der Waals surface area contributed by atoms with Gasteiger partial charge in [-0.2, -0.15) is 18.3 Å². The van der Waals surface area contributed by atoms with Crippen molar-refractivity contribution >= 4 is 22.4 Å². The topological polar surface area (TPSA) is 72.7 Å². The van der Waals surface area contributed by atoms with Crippen LogP contribution in [-0.2, 0) is 12.6 Å². The average molecular weight is 395 g/mol. The van der Waals surface area contributed by atoms with Gasteiger partial charge in [0.1, 0.15) is 17.7 Å².